The number of benzene rings is 1. The van der Waals surface area contributed by atoms with Gasteiger partial charge in [-0.05, 0) is 51.8 Å². The van der Waals surface area contributed by atoms with Crippen LogP contribution in [-0.2, 0) is 4.79 Å². The lowest BCUT2D eigenvalue weighted by atomic mass is 9.82. The number of carbonyl (C=O) groups excluding carboxylic acids is 1. The monoisotopic (exact) mass is 282 g/mol. The van der Waals surface area contributed by atoms with E-state index in [4.69, 9.17) is 0 Å². The molecule has 0 bridgehead atoms. The normalized spacial score (nSPS) is 22.5. The van der Waals surface area contributed by atoms with Gasteiger partial charge in [-0.15, -0.1) is 12.4 Å². The Bertz CT molecular complexity index is 453. The maximum Gasteiger partial charge on any atom is 0.231 e. The molecule has 0 radical (unpaired) electrons. The number of piperidine rings is 1. The number of aryl methyl sites for hydroxylation is 2. The number of nitrogens with one attached hydrogen (secondary N) is 2. The molecule has 1 amide bonds. The number of carbonyl (C=O) groups is 1. The molecule has 1 unspecified atom stereocenters. The summed E-state index contributed by atoms with van der Waals surface area (Å²) in [6.07, 6.45) is 2.02. The second kappa shape index (κ2) is 6.40. The average Bonchev–Trinajstić information content (AvgIpc) is 2.33. The van der Waals surface area contributed by atoms with Crippen molar-refractivity contribution in [2.24, 2.45) is 5.41 Å². The van der Waals surface area contributed by atoms with Gasteiger partial charge in [0.25, 0.3) is 0 Å². The van der Waals surface area contributed by atoms with Crippen LogP contribution in [0.3, 0.4) is 0 Å². The van der Waals surface area contributed by atoms with E-state index in [-0.39, 0.29) is 23.7 Å². The number of amides is 1. The quantitative estimate of drug-likeness (QED) is 0.875. The summed E-state index contributed by atoms with van der Waals surface area (Å²) in [6.45, 7) is 7.92. The maximum absolute atomic E-state index is 12.4. The molecule has 1 aromatic carbocycles. The van der Waals surface area contributed by atoms with Crippen molar-refractivity contribution in [1.82, 2.24) is 5.32 Å². The van der Waals surface area contributed by atoms with Crippen LogP contribution in [0.4, 0.5) is 5.69 Å². The first-order valence-corrected chi connectivity index (χ1v) is 6.61. The van der Waals surface area contributed by atoms with Gasteiger partial charge in [-0.2, -0.15) is 0 Å². The van der Waals surface area contributed by atoms with Crippen LogP contribution in [0.5, 0.6) is 0 Å². The molecule has 0 saturated carbocycles. The summed E-state index contributed by atoms with van der Waals surface area (Å²) in [4.78, 5) is 12.4. The maximum atomic E-state index is 12.4. The summed E-state index contributed by atoms with van der Waals surface area (Å²) in [6, 6.07) is 6.11. The van der Waals surface area contributed by atoms with Crippen LogP contribution in [0.2, 0.25) is 0 Å². The second-order valence-electron chi connectivity index (χ2n) is 5.61. The van der Waals surface area contributed by atoms with E-state index < -0.39 is 0 Å². The first kappa shape index (κ1) is 16.0. The largest absolute Gasteiger partial charge is 0.325 e. The smallest absolute Gasteiger partial charge is 0.231 e. The molecule has 3 nitrogen and oxygen atoms in total. The van der Waals surface area contributed by atoms with Gasteiger partial charge in [-0.3, -0.25) is 4.79 Å². The van der Waals surface area contributed by atoms with Gasteiger partial charge in [0.05, 0.1) is 5.41 Å². The number of hydrogen-bond donors (Lipinski definition) is 2. The van der Waals surface area contributed by atoms with E-state index in [0.29, 0.717) is 0 Å². The Kier molecular flexibility index (Phi) is 5.39. The zero-order chi connectivity index (χ0) is 13.2. The molecule has 1 heterocycles. The molecular weight excluding hydrogens is 260 g/mol. The van der Waals surface area contributed by atoms with Gasteiger partial charge in [-0.25, -0.2) is 0 Å². The van der Waals surface area contributed by atoms with E-state index in [2.05, 4.69) is 23.6 Å². The first-order valence-electron chi connectivity index (χ1n) is 6.61. The minimum atomic E-state index is -0.282. The van der Waals surface area contributed by atoms with Crippen molar-refractivity contribution in [3.05, 3.63) is 29.3 Å². The highest BCUT2D eigenvalue weighted by molar-refractivity contribution is 5.96. The molecule has 0 spiro atoms. The third kappa shape index (κ3) is 3.71. The van der Waals surface area contributed by atoms with Crippen molar-refractivity contribution in [1.29, 1.82) is 0 Å². The Balaban J connectivity index is 0.00000180. The second-order valence-corrected chi connectivity index (χ2v) is 5.61. The molecule has 19 heavy (non-hydrogen) atoms. The highest BCUT2D eigenvalue weighted by atomic mass is 35.5. The molecule has 1 fully saturated rings. The molecule has 0 aliphatic carbocycles. The van der Waals surface area contributed by atoms with Crippen LogP contribution in [-0.4, -0.2) is 19.0 Å². The lowest BCUT2D eigenvalue weighted by molar-refractivity contribution is -0.125. The molecule has 1 aromatic rings. The number of hydrogen-bond acceptors (Lipinski definition) is 2. The van der Waals surface area contributed by atoms with Crippen LogP contribution < -0.4 is 10.6 Å². The highest BCUT2D eigenvalue weighted by Crippen LogP contribution is 2.28. The van der Waals surface area contributed by atoms with Gasteiger partial charge < -0.3 is 10.6 Å². The van der Waals surface area contributed by atoms with Crippen LogP contribution in [0, 0.1) is 19.3 Å². The van der Waals surface area contributed by atoms with Crippen molar-refractivity contribution in [2.45, 2.75) is 33.6 Å². The van der Waals surface area contributed by atoms with Crippen molar-refractivity contribution in [3.8, 4) is 0 Å². The fraction of sp³-hybridized carbons (Fsp3) is 0.533. The number of rotatable bonds is 2. The van der Waals surface area contributed by atoms with Crippen LogP contribution in [0.15, 0.2) is 18.2 Å². The number of halogens is 1. The first-order chi connectivity index (χ1) is 8.51. The van der Waals surface area contributed by atoms with Crippen molar-refractivity contribution < 1.29 is 4.79 Å². The summed E-state index contributed by atoms with van der Waals surface area (Å²) >= 11 is 0. The average molecular weight is 283 g/mol. The lowest BCUT2D eigenvalue weighted by Gasteiger charge is -2.32. The predicted octanol–water partition coefficient (Wildman–Crippen LogP) is 3.05. The molecule has 1 aliphatic rings. The molecule has 2 N–H and O–H groups in total. The van der Waals surface area contributed by atoms with Crippen molar-refractivity contribution >= 4 is 24.0 Å². The summed E-state index contributed by atoms with van der Waals surface area (Å²) in [5.74, 6) is 0.127. The van der Waals surface area contributed by atoms with Gasteiger partial charge in [0, 0.05) is 12.2 Å². The van der Waals surface area contributed by atoms with Gasteiger partial charge in [-0.1, -0.05) is 17.7 Å². The van der Waals surface area contributed by atoms with E-state index in [1.807, 2.05) is 26.0 Å². The van der Waals surface area contributed by atoms with Crippen LogP contribution >= 0.6 is 12.4 Å². The topological polar surface area (TPSA) is 41.1 Å². The highest BCUT2D eigenvalue weighted by Gasteiger charge is 2.34. The Hall–Kier alpha value is -1.06. The Morgan fingerprint density at radius 2 is 2.11 bits per heavy atom. The lowest BCUT2D eigenvalue weighted by Crippen LogP contribution is -2.46. The summed E-state index contributed by atoms with van der Waals surface area (Å²) < 4.78 is 0. The Morgan fingerprint density at radius 1 is 1.37 bits per heavy atom. The third-order valence-electron chi connectivity index (χ3n) is 3.78. The SMILES string of the molecule is Cc1ccc(NC(=O)C2(C)CCCNC2)c(C)c1.Cl. The van der Waals surface area contributed by atoms with E-state index in [1.165, 1.54) is 5.56 Å². The van der Waals surface area contributed by atoms with Crippen LogP contribution in [0.25, 0.3) is 0 Å². The van der Waals surface area contributed by atoms with Gasteiger partial charge in [0.1, 0.15) is 0 Å². The Labute approximate surface area is 121 Å². The van der Waals surface area contributed by atoms with E-state index in [1.54, 1.807) is 0 Å². The minimum Gasteiger partial charge on any atom is -0.325 e. The molecule has 2 rings (SSSR count). The fourth-order valence-electron chi connectivity index (χ4n) is 2.48. The molecule has 1 atom stereocenters. The molecule has 1 saturated heterocycles. The minimum absolute atomic E-state index is 0. The summed E-state index contributed by atoms with van der Waals surface area (Å²) in [7, 11) is 0. The van der Waals surface area contributed by atoms with E-state index >= 15 is 0 Å². The van der Waals surface area contributed by atoms with Gasteiger partial charge >= 0.3 is 0 Å². The zero-order valence-electron chi connectivity index (χ0n) is 11.9. The molecule has 4 heteroatoms. The molecule has 106 valence electrons. The third-order valence-corrected chi connectivity index (χ3v) is 3.78. The van der Waals surface area contributed by atoms with E-state index in [0.717, 1.165) is 37.2 Å². The fourth-order valence-corrected chi connectivity index (χ4v) is 2.48. The van der Waals surface area contributed by atoms with Crippen molar-refractivity contribution in [3.63, 3.8) is 0 Å². The van der Waals surface area contributed by atoms with Gasteiger partial charge in [0.2, 0.25) is 5.91 Å². The Morgan fingerprint density at radius 3 is 2.68 bits per heavy atom. The zero-order valence-corrected chi connectivity index (χ0v) is 12.7. The summed E-state index contributed by atoms with van der Waals surface area (Å²) in [5, 5.41) is 6.37. The number of anilines is 1. The molecule has 0 aromatic heterocycles. The molecule has 1 aliphatic heterocycles. The standard InChI is InChI=1S/C15H22N2O.ClH/c1-11-5-6-13(12(2)9-11)17-14(18)15(3)7-4-8-16-10-15;/h5-6,9,16H,4,7-8,10H2,1-3H3,(H,17,18);1H. The predicted molar refractivity (Wildman–Crippen MR) is 82.0 cm³/mol. The van der Waals surface area contributed by atoms with Crippen LogP contribution in [0.1, 0.15) is 30.9 Å². The van der Waals surface area contributed by atoms with Crippen molar-refractivity contribution in [2.75, 3.05) is 18.4 Å². The van der Waals surface area contributed by atoms with E-state index in [9.17, 15) is 4.79 Å². The summed E-state index contributed by atoms with van der Waals surface area (Å²) in [5.41, 5.74) is 2.99. The van der Waals surface area contributed by atoms with Gasteiger partial charge in [0.15, 0.2) is 0 Å². The molecular formula is C15H23ClN2O.